The summed E-state index contributed by atoms with van der Waals surface area (Å²) < 4.78 is 5.75. The SMILES string of the molecule is CCOc1ccccc1[C@@H](CN)N1CCC(C)CC1. The summed E-state index contributed by atoms with van der Waals surface area (Å²) in [6.45, 7) is 8.00. The van der Waals surface area contributed by atoms with Crippen molar-refractivity contribution in [3.05, 3.63) is 29.8 Å². The van der Waals surface area contributed by atoms with Crippen molar-refractivity contribution < 1.29 is 4.74 Å². The summed E-state index contributed by atoms with van der Waals surface area (Å²) in [5.74, 6) is 1.83. The predicted octanol–water partition coefficient (Wildman–Crippen LogP) is 2.82. The molecule has 19 heavy (non-hydrogen) atoms. The van der Waals surface area contributed by atoms with Crippen LogP contribution in [0.1, 0.15) is 38.3 Å². The maximum absolute atomic E-state index is 6.04. The second-order valence-corrected chi connectivity index (χ2v) is 5.44. The average Bonchev–Trinajstić information content (AvgIpc) is 2.44. The smallest absolute Gasteiger partial charge is 0.124 e. The minimum absolute atomic E-state index is 0.287. The van der Waals surface area contributed by atoms with E-state index in [1.807, 2.05) is 19.1 Å². The number of para-hydroxylation sites is 1. The molecule has 1 aliphatic rings. The zero-order valence-electron chi connectivity index (χ0n) is 12.1. The van der Waals surface area contributed by atoms with Gasteiger partial charge in [-0.25, -0.2) is 0 Å². The molecule has 1 aromatic carbocycles. The van der Waals surface area contributed by atoms with Crippen molar-refractivity contribution >= 4 is 0 Å². The van der Waals surface area contributed by atoms with E-state index in [4.69, 9.17) is 10.5 Å². The van der Waals surface area contributed by atoms with E-state index in [1.165, 1.54) is 18.4 Å². The highest BCUT2D eigenvalue weighted by Crippen LogP contribution is 2.31. The minimum atomic E-state index is 0.287. The highest BCUT2D eigenvalue weighted by Gasteiger charge is 2.25. The normalized spacial score (nSPS) is 19.3. The average molecular weight is 262 g/mol. The van der Waals surface area contributed by atoms with E-state index in [0.717, 1.165) is 24.8 Å². The molecule has 0 amide bonds. The van der Waals surface area contributed by atoms with Crippen LogP contribution in [0.3, 0.4) is 0 Å². The lowest BCUT2D eigenvalue weighted by Crippen LogP contribution is -2.39. The Balaban J connectivity index is 2.17. The van der Waals surface area contributed by atoms with E-state index in [2.05, 4.69) is 24.0 Å². The summed E-state index contributed by atoms with van der Waals surface area (Å²) in [6, 6.07) is 8.59. The number of benzene rings is 1. The van der Waals surface area contributed by atoms with Gasteiger partial charge in [-0.05, 0) is 44.8 Å². The van der Waals surface area contributed by atoms with Crippen LogP contribution in [0, 0.1) is 5.92 Å². The second kappa shape index (κ2) is 6.92. The van der Waals surface area contributed by atoms with Gasteiger partial charge in [-0.1, -0.05) is 25.1 Å². The molecule has 0 unspecified atom stereocenters. The molecule has 0 aromatic heterocycles. The van der Waals surface area contributed by atoms with E-state index in [0.29, 0.717) is 13.2 Å². The number of nitrogens with zero attached hydrogens (tertiary/aromatic N) is 1. The Kier molecular flexibility index (Phi) is 5.23. The summed E-state index contributed by atoms with van der Waals surface area (Å²) in [7, 11) is 0. The van der Waals surface area contributed by atoms with Gasteiger partial charge in [0.1, 0.15) is 5.75 Å². The first-order valence-electron chi connectivity index (χ1n) is 7.42. The fraction of sp³-hybridized carbons (Fsp3) is 0.625. The van der Waals surface area contributed by atoms with E-state index in [9.17, 15) is 0 Å². The first-order chi connectivity index (χ1) is 9.26. The molecular formula is C16H26N2O. The number of likely N-dealkylation sites (tertiary alicyclic amines) is 1. The lowest BCUT2D eigenvalue weighted by Gasteiger charge is -2.36. The molecule has 0 aliphatic carbocycles. The van der Waals surface area contributed by atoms with Gasteiger partial charge in [-0.3, -0.25) is 4.90 Å². The van der Waals surface area contributed by atoms with Crippen LogP contribution in [0.25, 0.3) is 0 Å². The third kappa shape index (κ3) is 3.48. The predicted molar refractivity (Wildman–Crippen MR) is 79.4 cm³/mol. The van der Waals surface area contributed by atoms with Gasteiger partial charge in [0.15, 0.2) is 0 Å². The molecule has 3 heteroatoms. The summed E-state index contributed by atoms with van der Waals surface area (Å²) >= 11 is 0. The quantitative estimate of drug-likeness (QED) is 0.887. The molecule has 0 spiro atoms. The topological polar surface area (TPSA) is 38.5 Å². The van der Waals surface area contributed by atoms with E-state index >= 15 is 0 Å². The second-order valence-electron chi connectivity index (χ2n) is 5.44. The van der Waals surface area contributed by atoms with Crippen LogP contribution in [0.15, 0.2) is 24.3 Å². The molecule has 1 aliphatic heterocycles. The molecule has 2 N–H and O–H groups in total. The summed E-state index contributed by atoms with van der Waals surface area (Å²) in [6.07, 6.45) is 2.54. The van der Waals surface area contributed by atoms with Crippen molar-refractivity contribution in [1.82, 2.24) is 4.90 Å². The standard InChI is InChI=1S/C16H26N2O/c1-3-19-16-7-5-4-6-14(16)15(12-17)18-10-8-13(2)9-11-18/h4-7,13,15H,3,8-12,17H2,1-2H3/t15-/m1/s1. The molecule has 0 bridgehead atoms. The van der Waals surface area contributed by atoms with Crippen LogP contribution < -0.4 is 10.5 Å². The third-order valence-electron chi connectivity index (χ3n) is 4.06. The number of piperidine rings is 1. The number of nitrogens with two attached hydrogens (primary N) is 1. The lowest BCUT2D eigenvalue weighted by molar-refractivity contribution is 0.138. The van der Waals surface area contributed by atoms with Gasteiger partial charge in [0.2, 0.25) is 0 Å². The largest absolute Gasteiger partial charge is 0.494 e. The molecular weight excluding hydrogens is 236 g/mol. The van der Waals surface area contributed by atoms with Gasteiger partial charge in [0, 0.05) is 12.1 Å². The van der Waals surface area contributed by atoms with Crippen LogP contribution in [0.2, 0.25) is 0 Å². The molecule has 1 saturated heterocycles. The summed E-state index contributed by atoms with van der Waals surface area (Å²) in [5, 5.41) is 0. The molecule has 1 heterocycles. The molecule has 1 atom stereocenters. The monoisotopic (exact) mass is 262 g/mol. The number of hydrogen-bond donors (Lipinski definition) is 1. The summed E-state index contributed by atoms with van der Waals surface area (Å²) in [5.41, 5.74) is 7.28. The van der Waals surface area contributed by atoms with E-state index < -0.39 is 0 Å². The van der Waals surface area contributed by atoms with Gasteiger partial charge in [0.25, 0.3) is 0 Å². The Morgan fingerprint density at radius 2 is 2.00 bits per heavy atom. The molecule has 2 rings (SSSR count). The lowest BCUT2D eigenvalue weighted by atomic mass is 9.95. The van der Waals surface area contributed by atoms with Crippen LogP contribution in [0.5, 0.6) is 5.75 Å². The Morgan fingerprint density at radius 3 is 2.63 bits per heavy atom. The van der Waals surface area contributed by atoms with Gasteiger partial charge in [0.05, 0.1) is 12.6 Å². The van der Waals surface area contributed by atoms with Crippen LogP contribution >= 0.6 is 0 Å². The highest BCUT2D eigenvalue weighted by molar-refractivity contribution is 5.36. The van der Waals surface area contributed by atoms with Crippen LogP contribution in [-0.2, 0) is 0 Å². The van der Waals surface area contributed by atoms with Crippen molar-refractivity contribution in [3.63, 3.8) is 0 Å². The Morgan fingerprint density at radius 1 is 1.32 bits per heavy atom. The molecule has 3 nitrogen and oxygen atoms in total. The van der Waals surface area contributed by atoms with Crippen LogP contribution in [-0.4, -0.2) is 31.1 Å². The first kappa shape index (κ1) is 14.4. The van der Waals surface area contributed by atoms with E-state index in [1.54, 1.807) is 0 Å². The minimum Gasteiger partial charge on any atom is -0.494 e. The molecule has 106 valence electrons. The fourth-order valence-corrected chi connectivity index (χ4v) is 2.86. The fourth-order valence-electron chi connectivity index (χ4n) is 2.86. The van der Waals surface area contributed by atoms with Crippen molar-refractivity contribution in [2.45, 2.75) is 32.7 Å². The van der Waals surface area contributed by atoms with E-state index in [-0.39, 0.29) is 6.04 Å². The number of ether oxygens (including phenoxy) is 1. The maximum Gasteiger partial charge on any atom is 0.124 e. The van der Waals surface area contributed by atoms with Gasteiger partial charge in [-0.2, -0.15) is 0 Å². The Labute approximate surface area is 116 Å². The number of hydrogen-bond acceptors (Lipinski definition) is 3. The molecule has 0 radical (unpaired) electrons. The van der Waals surface area contributed by atoms with Crippen LogP contribution in [0.4, 0.5) is 0 Å². The maximum atomic E-state index is 6.04. The third-order valence-corrected chi connectivity index (χ3v) is 4.06. The summed E-state index contributed by atoms with van der Waals surface area (Å²) in [4.78, 5) is 2.51. The zero-order chi connectivity index (χ0) is 13.7. The van der Waals surface area contributed by atoms with Crippen molar-refractivity contribution in [2.75, 3.05) is 26.2 Å². The first-order valence-corrected chi connectivity index (χ1v) is 7.42. The van der Waals surface area contributed by atoms with Gasteiger partial charge in [-0.15, -0.1) is 0 Å². The van der Waals surface area contributed by atoms with Gasteiger partial charge >= 0.3 is 0 Å². The molecule has 1 fully saturated rings. The van der Waals surface area contributed by atoms with Crippen molar-refractivity contribution in [2.24, 2.45) is 11.7 Å². The molecule has 0 saturated carbocycles. The molecule has 1 aromatic rings. The zero-order valence-corrected chi connectivity index (χ0v) is 12.1. The highest BCUT2D eigenvalue weighted by atomic mass is 16.5. The van der Waals surface area contributed by atoms with Crippen molar-refractivity contribution in [3.8, 4) is 5.75 Å². The Bertz CT molecular complexity index is 386. The van der Waals surface area contributed by atoms with Crippen molar-refractivity contribution in [1.29, 1.82) is 0 Å². The Hall–Kier alpha value is -1.06. The van der Waals surface area contributed by atoms with Gasteiger partial charge < -0.3 is 10.5 Å². The number of rotatable bonds is 5.